The quantitative estimate of drug-likeness (QED) is 0.320. The average molecular weight is 445 g/mol. The molecular weight excluding hydrogens is 419 g/mol. The third-order valence-corrected chi connectivity index (χ3v) is 5.81. The predicted octanol–water partition coefficient (Wildman–Crippen LogP) is 4.90. The molecule has 0 fully saturated rings. The van der Waals surface area contributed by atoms with Crippen LogP contribution in [0.4, 0.5) is 15.8 Å². The maximum Gasteiger partial charge on any atom is 0.271 e. The van der Waals surface area contributed by atoms with Crippen molar-refractivity contribution in [3.8, 4) is 5.75 Å². The molecule has 0 saturated carbocycles. The number of halogens is 1. The van der Waals surface area contributed by atoms with Crippen molar-refractivity contribution in [1.82, 2.24) is 5.32 Å². The van der Waals surface area contributed by atoms with E-state index in [9.17, 15) is 19.1 Å². The Balaban J connectivity index is 1.59. The fraction of sp³-hybridized carbons (Fsp3) is 0.185. The summed E-state index contributed by atoms with van der Waals surface area (Å²) in [7, 11) is 0. The van der Waals surface area contributed by atoms with Crippen molar-refractivity contribution in [1.29, 1.82) is 0 Å². The molecule has 0 amide bonds. The number of hydrogen-bond donors (Lipinski definition) is 3. The standard InChI is InChI=1S/C27H25FN2O3/c1-2-22(18-8-4-3-5-9-18)30-23(19-11-13-20(28)14-12-19)16-17-7-6-10-21(15-17)29-24-25(31)27(33)26(24)32/h3-15,22-23,29-31H,2,16H2,1H3/t22-,23?/m1/s1. The number of nitrogens with one attached hydrogen (secondary N) is 2. The van der Waals surface area contributed by atoms with E-state index in [0.29, 0.717) is 12.1 Å². The normalized spacial score (nSPS) is 13.0. The highest BCUT2D eigenvalue weighted by Gasteiger charge is 2.21. The van der Waals surface area contributed by atoms with Gasteiger partial charge in [-0.05, 0) is 53.8 Å². The summed E-state index contributed by atoms with van der Waals surface area (Å²) in [6.07, 6.45) is 1.50. The minimum Gasteiger partial charge on any atom is -0.502 e. The van der Waals surface area contributed by atoms with Gasteiger partial charge in [-0.15, -0.1) is 0 Å². The number of aromatic hydroxyl groups is 1. The van der Waals surface area contributed by atoms with Crippen LogP contribution in [0.1, 0.15) is 42.1 Å². The topological polar surface area (TPSA) is 78.4 Å². The van der Waals surface area contributed by atoms with Gasteiger partial charge in [0.1, 0.15) is 11.5 Å². The third-order valence-electron chi connectivity index (χ3n) is 5.81. The lowest BCUT2D eigenvalue weighted by Crippen LogP contribution is -2.32. The lowest BCUT2D eigenvalue weighted by atomic mass is 9.95. The molecule has 0 aliphatic heterocycles. The minimum absolute atomic E-state index is 0.0829. The lowest BCUT2D eigenvalue weighted by Gasteiger charge is -2.26. The largest absolute Gasteiger partial charge is 0.502 e. The van der Waals surface area contributed by atoms with E-state index in [-0.39, 0.29) is 23.6 Å². The van der Waals surface area contributed by atoms with Crippen molar-refractivity contribution >= 4 is 11.4 Å². The molecule has 0 radical (unpaired) electrons. The molecule has 0 aliphatic rings. The smallest absolute Gasteiger partial charge is 0.271 e. The van der Waals surface area contributed by atoms with Crippen LogP contribution in [-0.4, -0.2) is 5.11 Å². The average Bonchev–Trinajstić information content (AvgIpc) is 2.85. The Labute approximate surface area is 191 Å². The first kappa shape index (κ1) is 22.4. The maximum absolute atomic E-state index is 13.6. The Hall–Kier alpha value is -3.77. The van der Waals surface area contributed by atoms with Gasteiger partial charge in [-0.2, -0.15) is 0 Å². The van der Waals surface area contributed by atoms with Gasteiger partial charge in [0.05, 0.1) is 0 Å². The maximum atomic E-state index is 13.6. The molecule has 168 valence electrons. The Bertz CT molecular complexity index is 1300. The summed E-state index contributed by atoms with van der Waals surface area (Å²) in [5.74, 6) is -0.823. The minimum atomic E-state index is -0.874. The molecule has 0 spiro atoms. The molecule has 0 aliphatic carbocycles. The molecule has 5 nitrogen and oxygen atoms in total. The summed E-state index contributed by atoms with van der Waals surface area (Å²) in [6, 6.07) is 24.1. The third kappa shape index (κ3) is 5.02. The Morgan fingerprint density at radius 1 is 0.848 bits per heavy atom. The lowest BCUT2D eigenvalue weighted by molar-refractivity contribution is 0.432. The molecule has 6 heteroatoms. The van der Waals surface area contributed by atoms with Crippen molar-refractivity contribution in [3.63, 3.8) is 0 Å². The van der Waals surface area contributed by atoms with E-state index in [1.807, 2.05) is 36.4 Å². The Morgan fingerprint density at radius 3 is 2.21 bits per heavy atom. The van der Waals surface area contributed by atoms with Gasteiger partial charge in [0, 0.05) is 17.8 Å². The van der Waals surface area contributed by atoms with E-state index >= 15 is 0 Å². The molecule has 4 aromatic rings. The van der Waals surface area contributed by atoms with Crippen molar-refractivity contribution in [2.24, 2.45) is 0 Å². The number of hydrogen-bond acceptors (Lipinski definition) is 5. The zero-order valence-electron chi connectivity index (χ0n) is 18.2. The van der Waals surface area contributed by atoms with Crippen LogP contribution in [-0.2, 0) is 6.42 Å². The summed E-state index contributed by atoms with van der Waals surface area (Å²) in [5, 5.41) is 16.2. The molecule has 1 unspecified atom stereocenters. The summed E-state index contributed by atoms with van der Waals surface area (Å²) in [6.45, 7) is 2.12. The van der Waals surface area contributed by atoms with Crippen molar-refractivity contribution in [2.75, 3.05) is 5.32 Å². The number of rotatable bonds is 9. The van der Waals surface area contributed by atoms with Gasteiger partial charge in [-0.3, -0.25) is 9.59 Å². The first-order valence-corrected chi connectivity index (χ1v) is 10.9. The van der Waals surface area contributed by atoms with Crippen molar-refractivity contribution in [2.45, 2.75) is 31.8 Å². The van der Waals surface area contributed by atoms with Gasteiger partial charge in [-0.1, -0.05) is 61.5 Å². The summed E-state index contributed by atoms with van der Waals surface area (Å²) in [4.78, 5) is 22.9. The highest BCUT2D eigenvalue weighted by atomic mass is 19.1. The fourth-order valence-electron chi connectivity index (χ4n) is 4.00. The van der Waals surface area contributed by atoms with Gasteiger partial charge in [-0.25, -0.2) is 4.39 Å². The Morgan fingerprint density at radius 2 is 1.55 bits per heavy atom. The van der Waals surface area contributed by atoms with E-state index in [2.05, 4.69) is 29.7 Å². The predicted molar refractivity (Wildman–Crippen MR) is 128 cm³/mol. The fourth-order valence-corrected chi connectivity index (χ4v) is 4.00. The van der Waals surface area contributed by atoms with Crippen LogP contribution < -0.4 is 21.5 Å². The van der Waals surface area contributed by atoms with Crippen LogP contribution in [0.5, 0.6) is 5.75 Å². The number of anilines is 2. The van der Waals surface area contributed by atoms with Crippen LogP contribution >= 0.6 is 0 Å². The molecule has 4 aromatic carbocycles. The van der Waals surface area contributed by atoms with E-state index in [0.717, 1.165) is 17.5 Å². The SMILES string of the molecule is CC[C@@H](NC(Cc1cccc(Nc2c(O)c(=O)c2=O)c1)c1ccc(F)cc1)c1ccccc1. The Kier molecular flexibility index (Phi) is 6.66. The van der Waals surface area contributed by atoms with E-state index < -0.39 is 16.6 Å². The molecule has 2 atom stereocenters. The number of benzene rings is 3. The van der Waals surface area contributed by atoms with E-state index in [1.165, 1.54) is 17.7 Å². The van der Waals surface area contributed by atoms with E-state index in [1.54, 1.807) is 18.2 Å². The highest BCUT2D eigenvalue weighted by Crippen LogP contribution is 2.27. The van der Waals surface area contributed by atoms with Gasteiger partial charge in [0.2, 0.25) is 0 Å². The monoisotopic (exact) mass is 444 g/mol. The molecule has 0 aromatic heterocycles. The molecule has 4 rings (SSSR count). The van der Waals surface area contributed by atoms with Crippen LogP contribution in [0.3, 0.4) is 0 Å². The zero-order valence-corrected chi connectivity index (χ0v) is 18.2. The first-order valence-electron chi connectivity index (χ1n) is 10.9. The van der Waals surface area contributed by atoms with Crippen molar-refractivity contribution < 1.29 is 9.50 Å². The van der Waals surface area contributed by atoms with Gasteiger partial charge in [0.25, 0.3) is 10.9 Å². The van der Waals surface area contributed by atoms with Crippen LogP contribution in [0.15, 0.2) is 88.5 Å². The van der Waals surface area contributed by atoms with E-state index in [4.69, 9.17) is 0 Å². The molecule has 33 heavy (non-hydrogen) atoms. The summed E-state index contributed by atoms with van der Waals surface area (Å²) < 4.78 is 13.6. The molecule has 0 heterocycles. The van der Waals surface area contributed by atoms with Crippen molar-refractivity contribution in [3.05, 3.63) is 122 Å². The van der Waals surface area contributed by atoms with Gasteiger partial charge >= 0.3 is 0 Å². The zero-order chi connectivity index (χ0) is 23.4. The van der Waals surface area contributed by atoms with Gasteiger partial charge < -0.3 is 15.7 Å². The first-order chi connectivity index (χ1) is 16.0. The molecular formula is C27H25FN2O3. The second-order valence-corrected chi connectivity index (χ2v) is 8.05. The second-order valence-electron chi connectivity index (χ2n) is 8.05. The van der Waals surface area contributed by atoms with Crippen LogP contribution in [0.2, 0.25) is 0 Å². The molecule has 0 bridgehead atoms. The van der Waals surface area contributed by atoms with Crippen LogP contribution in [0.25, 0.3) is 0 Å². The summed E-state index contributed by atoms with van der Waals surface area (Å²) >= 11 is 0. The van der Waals surface area contributed by atoms with Gasteiger partial charge in [0.15, 0.2) is 5.75 Å². The molecule has 0 saturated heterocycles. The molecule has 3 N–H and O–H groups in total. The highest BCUT2D eigenvalue weighted by molar-refractivity contribution is 5.69. The van der Waals surface area contributed by atoms with Crippen LogP contribution in [0, 0.1) is 5.82 Å². The second kappa shape index (κ2) is 9.79. The summed E-state index contributed by atoms with van der Waals surface area (Å²) in [5.41, 5.74) is 2.03.